The van der Waals surface area contributed by atoms with Gasteiger partial charge < -0.3 is 15.8 Å². The van der Waals surface area contributed by atoms with Crippen molar-refractivity contribution in [3.05, 3.63) is 42.4 Å². The zero-order valence-electron chi connectivity index (χ0n) is 14.9. The summed E-state index contributed by atoms with van der Waals surface area (Å²) in [5.41, 5.74) is 6.10. The van der Waals surface area contributed by atoms with Crippen LogP contribution in [-0.2, 0) is 16.1 Å². The highest BCUT2D eigenvalue weighted by Gasteiger charge is 2.62. The highest BCUT2D eigenvalue weighted by Crippen LogP contribution is 2.50. The van der Waals surface area contributed by atoms with Crippen LogP contribution in [0.2, 0.25) is 0 Å². The Kier molecular flexibility index (Phi) is 4.62. The van der Waals surface area contributed by atoms with Gasteiger partial charge in [-0.05, 0) is 24.6 Å². The first kappa shape index (κ1) is 17.6. The lowest BCUT2D eigenvalue weighted by atomic mass is 9.54. The number of hydrogen-bond acceptors (Lipinski definition) is 5. The average molecular weight is 343 g/mol. The molecule has 0 spiro atoms. The number of rotatable bonds is 6. The Bertz CT molecular complexity index is 743. The standard InChI is InChI=1S/C18H25N5O2/c1-4-25-14-11-18(19,17(14,2)3)16(24)21-15-7-10-23(22-15)12-13-5-8-20-9-6-13/h5-10,14H,4,11-12,19H2,1-3H3,(H,21,22,24). The zero-order chi connectivity index (χ0) is 18.1. The Labute approximate surface area is 147 Å². The van der Waals surface area contributed by atoms with E-state index < -0.39 is 11.0 Å². The molecular formula is C18H25N5O2. The summed E-state index contributed by atoms with van der Waals surface area (Å²) in [5.74, 6) is 0.280. The Balaban J connectivity index is 1.64. The Morgan fingerprint density at radius 1 is 1.40 bits per heavy atom. The fraction of sp³-hybridized carbons (Fsp3) is 0.500. The summed E-state index contributed by atoms with van der Waals surface area (Å²) < 4.78 is 7.44. The third-order valence-corrected chi connectivity index (χ3v) is 5.21. The van der Waals surface area contributed by atoms with Gasteiger partial charge in [0.2, 0.25) is 5.91 Å². The normalized spacial score (nSPS) is 24.6. The molecule has 3 rings (SSSR count). The van der Waals surface area contributed by atoms with Crippen LogP contribution in [-0.4, -0.2) is 38.9 Å². The predicted octanol–water partition coefficient (Wildman–Crippen LogP) is 1.80. The second-order valence-electron chi connectivity index (χ2n) is 7.05. The summed E-state index contributed by atoms with van der Waals surface area (Å²) in [7, 11) is 0. The van der Waals surface area contributed by atoms with Crippen molar-refractivity contribution >= 4 is 11.7 Å². The van der Waals surface area contributed by atoms with Crippen molar-refractivity contribution in [3.8, 4) is 0 Å². The lowest BCUT2D eigenvalue weighted by Gasteiger charge is -2.57. The van der Waals surface area contributed by atoms with Gasteiger partial charge in [-0.3, -0.25) is 14.5 Å². The lowest BCUT2D eigenvalue weighted by molar-refractivity contribution is -0.166. The lowest BCUT2D eigenvalue weighted by Crippen LogP contribution is -2.74. The Morgan fingerprint density at radius 3 is 2.76 bits per heavy atom. The molecule has 0 radical (unpaired) electrons. The molecule has 2 atom stereocenters. The van der Waals surface area contributed by atoms with Gasteiger partial charge in [0.25, 0.3) is 0 Å². The van der Waals surface area contributed by atoms with Gasteiger partial charge in [-0.25, -0.2) is 0 Å². The molecule has 1 aliphatic carbocycles. The molecule has 1 saturated carbocycles. The van der Waals surface area contributed by atoms with Crippen molar-refractivity contribution in [1.82, 2.24) is 14.8 Å². The molecule has 2 heterocycles. The molecule has 3 N–H and O–H groups in total. The van der Waals surface area contributed by atoms with E-state index in [0.717, 1.165) is 5.56 Å². The minimum absolute atomic E-state index is 0.00232. The summed E-state index contributed by atoms with van der Waals surface area (Å²) in [6.45, 7) is 7.12. The van der Waals surface area contributed by atoms with Crippen LogP contribution in [0.4, 0.5) is 5.82 Å². The van der Waals surface area contributed by atoms with Crippen molar-refractivity contribution in [2.45, 2.75) is 45.4 Å². The van der Waals surface area contributed by atoms with Crippen molar-refractivity contribution in [2.24, 2.45) is 11.1 Å². The smallest absolute Gasteiger partial charge is 0.246 e. The number of nitrogens with two attached hydrogens (primary N) is 1. The SMILES string of the molecule is CCOC1CC(N)(C(=O)Nc2ccn(Cc3ccncc3)n2)C1(C)C. The van der Waals surface area contributed by atoms with Crippen LogP contribution >= 0.6 is 0 Å². The Morgan fingerprint density at radius 2 is 2.12 bits per heavy atom. The fourth-order valence-electron chi connectivity index (χ4n) is 3.24. The van der Waals surface area contributed by atoms with Crippen LogP contribution in [0, 0.1) is 5.41 Å². The van der Waals surface area contributed by atoms with E-state index in [4.69, 9.17) is 10.5 Å². The zero-order valence-corrected chi connectivity index (χ0v) is 14.9. The first-order valence-electron chi connectivity index (χ1n) is 8.51. The third kappa shape index (κ3) is 3.17. The number of anilines is 1. The number of ether oxygens (including phenoxy) is 1. The molecule has 134 valence electrons. The molecule has 25 heavy (non-hydrogen) atoms. The number of carbonyl (C=O) groups is 1. The van der Waals surface area contributed by atoms with Gasteiger partial charge in [-0.15, -0.1) is 0 Å². The van der Waals surface area contributed by atoms with E-state index >= 15 is 0 Å². The van der Waals surface area contributed by atoms with Crippen LogP contribution in [0.25, 0.3) is 0 Å². The van der Waals surface area contributed by atoms with Gasteiger partial charge in [0.1, 0.15) is 5.54 Å². The highest BCUT2D eigenvalue weighted by molar-refractivity contribution is 5.99. The van der Waals surface area contributed by atoms with Crippen molar-refractivity contribution in [3.63, 3.8) is 0 Å². The topological polar surface area (TPSA) is 95.1 Å². The maximum absolute atomic E-state index is 12.7. The molecule has 2 aromatic rings. The second kappa shape index (κ2) is 6.57. The number of nitrogens with zero attached hydrogens (tertiary/aromatic N) is 3. The van der Waals surface area contributed by atoms with Crippen LogP contribution < -0.4 is 11.1 Å². The average Bonchev–Trinajstić information content (AvgIpc) is 3.02. The van der Waals surface area contributed by atoms with Gasteiger partial charge in [-0.1, -0.05) is 13.8 Å². The van der Waals surface area contributed by atoms with Crippen LogP contribution in [0.15, 0.2) is 36.8 Å². The molecule has 1 fully saturated rings. The van der Waals surface area contributed by atoms with Crippen LogP contribution in [0.3, 0.4) is 0 Å². The summed E-state index contributed by atoms with van der Waals surface area (Å²) in [6, 6.07) is 5.63. The number of hydrogen-bond donors (Lipinski definition) is 2. The summed E-state index contributed by atoms with van der Waals surface area (Å²) in [5, 5.41) is 7.24. The van der Waals surface area contributed by atoms with E-state index in [1.165, 1.54) is 0 Å². The molecule has 7 nitrogen and oxygen atoms in total. The van der Waals surface area contributed by atoms with E-state index in [9.17, 15) is 4.79 Å². The van der Waals surface area contributed by atoms with E-state index in [0.29, 0.717) is 25.4 Å². The largest absolute Gasteiger partial charge is 0.378 e. The first-order chi connectivity index (χ1) is 11.9. The monoisotopic (exact) mass is 343 g/mol. The van der Waals surface area contributed by atoms with E-state index in [1.54, 1.807) is 23.1 Å². The van der Waals surface area contributed by atoms with Crippen LogP contribution in [0.5, 0.6) is 0 Å². The van der Waals surface area contributed by atoms with Gasteiger partial charge in [0, 0.05) is 43.1 Å². The van der Waals surface area contributed by atoms with Crippen molar-refractivity contribution in [1.29, 1.82) is 0 Å². The molecule has 0 bridgehead atoms. The van der Waals surface area contributed by atoms with Gasteiger partial charge in [0.05, 0.1) is 12.6 Å². The molecule has 1 amide bonds. The Hall–Kier alpha value is -2.25. The second-order valence-corrected chi connectivity index (χ2v) is 7.05. The molecule has 0 aromatic carbocycles. The number of aromatic nitrogens is 3. The molecule has 0 saturated heterocycles. The number of nitrogens with one attached hydrogen (secondary N) is 1. The molecule has 7 heteroatoms. The molecular weight excluding hydrogens is 318 g/mol. The maximum atomic E-state index is 12.7. The molecule has 2 aromatic heterocycles. The summed E-state index contributed by atoms with van der Waals surface area (Å²) in [4.78, 5) is 16.7. The minimum atomic E-state index is -0.957. The number of pyridine rings is 1. The quantitative estimate of drug-likeness (QED) is 0.834. The van der Waals surface area contributed by atoms with Gasteiger partial charge >= 0.3 is 0 Å². The summed E-state index contributed by atoms with van der Waals surface area (Å²) >= 11 is 0. The highest BCUT2D eigenvalue weighted by atomic mass is 16.5. The number of amides is 1. The van der Waals surface area contributed by atoms with Gasteiger partial charge in [-0.2, -0.15) is 5.10 Å². The summed E-state index contributed by atoms with van der Waals surface area (Å²) in [6.07, 6.45) is 5.82. The van der Waals surface area contributed by atoms with Crippen molar-refractivity contribution < 1.29 is 9.53 Å². The van der Waals surface area contributed by atoms with Crippen molar-refractivity contribution in [2.75, 3.05) is 11.9 Å². The first-order valence-corrected chi connectivity index (χ1v) is 8.51. The van der Waals surface area contributed by atoms with E-state index in [-0.39, 0.29) is 12.0 Å². The molecule has 2 unspecified atom stereocenters. The van der Waals surface area contributed by atoms with Gasteiger partial charge in [0.15, 0.2) is 5.82 Å². The minimum Gasteiger partial charge on any atom is -0.378 e. The molecule has 1 aliphatic rings. The van der Waals surface area contributed by atoms with E-state index in [1.807, 2.05) is 39.1 Å². The molecule has 0 aliphatic heterocycles. The predicted molar refractivity (Wildman–Crippen MR) is 94.9 cm³/mol. The van der Waals surface area contributed by atoms with Crippen LogP contribution in [0.1, 0.15) is 32.8 Å². The fourth-order valence-corrected chi connectivity index (χ4v) is 3.24. The van der Waals surface area contributed by atoms with E-state index in [2.05, 4.69) is 15.4 Å². The number of carbonyl (C=O) groups excluding carboxylic acids is 1. The third-order valence-electron chi connectivity index (χ3n) is 5.21. The maximum Gasteiger partial charge on any atom is 0.246 e.